The number of rotatable bonds is 20. The summed E-state index contributed by atoms with van der Waals surface area (Å²) in [5, 5.41) is 62.9. The number of nitrogens with zero attached hydrogens (tertiary/aromatic N) is 14. The molecule has 0 bridgehead atoms. The van der Waals surface area contributed by atoms with Gasteiger partial charge in [0.15, 0.2) is 5.82 Å². The molecule has 0 radical (unpaired) electrons. The molecule has 0 spiro atoms. The average Bonchev–Trinajstić information content (AvgIpc) is 4.17. The molecule has 0 saturated carbocycles. The first-order chi connectivity index (χ1) is 39.0. The molecular weight excluding hydrogens is 1000 g/mol. The van der Waals surface area contributed by atoms with Gasteiger partial charge in [0.05, 0.1) is 50.5 Å². The highest BCUT2D eigenvalue weighted by Gasteiger charge is 2.37. The van der Waals surface area contributed by atoms with Crippen LogP contribution < -0.4 is 0 Å². The molecule has 4 heterocycles. The maximum atomic E-state index is 10.4. The number of phenolic OH excluding ortho intramolecular Hbond substituents is 2. The van der Waals surface area contributed by atoms with Gasteiger partial charge in [0.1, 0.15) is 24.7 Å². The fourth-order valence-electron chi connectivity index (χ4n) is 11.0. The number of phenols is 2. The van der Waals surface area contributed by atoms with Crippen molar-refractivity contribution >= 4 is 0 Å². The van der Waals surface area contributed by atoms with Crippen LogP contribution >= 0.6 is 0 Å². The molecule has 0 aliphatic carbocycles. The van der Waals surface area contributed by atoms with Gasteiger partial charge in [0, 0.05) is 74.6 Å². The van der Waals surface area contributed by atoms with Crippen molar-refractivity contribution in [2.24, 2.45) is 0 Å². The summed E-state index contributed by atoms with van der Waals surface area (Å²) in [4.78, 5) is 11.7. The minimum atomic E-state index is -0.0205. The van der Waals surface area contributed by atoms with Crippen LogP contribution in [0.25, 0.3) is 22.8 Å². The van der Waals surface area contributed by atoms with Gasteiger partial charge in [0.25, 0.3) is 0 Å². The van der Waals surface area contributed by atoms with E-state index in [0.717, 1.165) is 72.6 Å². The number of aromatic hydroxyl groups is 2. The SMILES string of the molecule is C[C@@H]1CN([C@H](c2ccc(-c3nnn(CCOCC#N)n3)cc2)c2cccc(O)c2)[C@@H](C)CN1Cc1ccccc1.C[C@@H]1CN([C@H](c2ccc(-c3nnnn3CCOCC#N)cc2)c2cccc(O)c2)[C@@H](C)CN1Cc1ccccc1. The Balaban J connectivity index is 0.000000194. The monoisotopic (exact) mass is 1070 g/mol. The average molecular weight is 1080 g/mol. The van der Waals surface area contributed by atoms with Gasteiger partial charge in [-0.05, 0) is 101 Å². The highest BCUT2D eigenvalue weighted by Crippen LogP contribution is 2.38. The molecule has 10 rings (SSSR count). The molecule has 2 fully saturated rings. The molecule has 6 aromatic carbocycles. The molecule has 2 aliphatic heterocycles. The first-order valence-electron chi connectivity index (χ1n) is 27.3. The van der Waals surface area contributed by atoms with E-state index >= 15 is 0 Å². The number of aromatic nitrogens is 8. The Hall–Kier alpha value is -8.20. The first-order valence-corrected chi connectivity index (χ1v) is 27.3. The second-order valence-corrected chi connectivity index (χ2v) is 20.7. The molecule has 412 valence electrons. The predicted molar refractivity (Wildman–Crippen MR) is 304 cm³/mol. The Labute approximate surface area is 468 Å². The van der Waals surface area contributed by atoms with E-state index in [-0.39, 0.29) is 36.8 Å². The van der Waals surface area contributed by atoms with Gasteiger partial charge in [0.2, 0.25) is 5.82 Å². The van der Waals surface area contributed by atoms with Crippen LogP contribution in [0.15, 0.2) is 158 Å². The van der Waals surface area contributed by atoms with Gasteiger partial charge in [-0.2, -0.15) is 15.3 Å². The van der Waals surface area contributed by atoms with Crippen LogP contribution in [-0.2, 0) is 35.7 Å². The molecule has 6 atom stereocenters. The Kier molecular flexibility index (Phi) is 19.5. The van der Waals surface area contributed by atoms with Crippen molar-refractivity contribution in [2.75, 3.05) is 52.6 Å². The van der Waals surface area contributed by atoms with Gasteiger partial charge in [-0.3, -0.25) is 19.6 Å². The van der Waals surface area contributed by atoms with Crippen LogP contribution in [0.3, 0.4) is 0 Å². The number of tetrazole rings is 2. The minimum Gasteiger partial charge on any atom is -0.508 e. The standard InChI is InChI=1S/2C31H35N7O2/c1-23-21-37(24(2)20-36(23)22-25-7-4-3-5-8-25)30(28-9-6-10-29(39)19-28)26-11-13-27(14-12-26)31-33-34-35-38(31)16-18-40-17-15-32;1-23-21-37(24(2)20-36(23)22-25-7-4-3-5-8-25)30(28-9-6-10-29(39)19-28)26-11-13-27(14-12-26)31-33-35-38(34-31)16-18-40-17-15-32/h2*3-14,19,23-24,30,39H,16-18,20-22H2,1-2H3/t2*23-,24+,30-/m11/s1. The van der Waals surface area contributed by atoms with Crippen LogP contribution in [0.1, 0.15) is 73.2 Å². The van der Waals surface area contributed by atoms with Crippen molar-refractivity contribution in [3.8, 4) is 46.4 Å². The Morgan fingerprint density at radius 1 is 0.525 bits per heavy atom. The molecule has 0 amide bonds. The first kappa shape index (κ1) is 56.5. The summed E-state index contributed by atoms with van der Waals surface area (Å²) in [6.45, 7) is 16.4. The summed E-state index contributed by atoms with van der Waals surface area (Å²) in [6.07, 6.45) is 0. The highest BCUT2D eigenvalue weighted by atomic mass is 16.5. The number of piperazine rings is 2. The molecule has 18 nitrogen and oxygen atoms in total. The lowest BCUT2D eigenvalue weighted by Gasteiger charge is -2.47. The lowest BCUT2D eigenvalue weighted by Crippen LogP contribution is -2.56. The molecule has 18 heteroatoms. The summed E-state index contributed by atoms with van der Waals surface area (Å²) in [7, 11) is 0. The summed E-state index contributed by atoms with van der Waals surface area (Å²) < 4.78 is 12.2. The number of benzene rings is 6. The minimum absolute atomic E-state index is 0.0154. The smallest absolute Gasteiger partial charge is 0.204 e. The highest BCUT2D eigenvalue weighted by molar-refractivity contribution is 5.56. The quantitative estimate of drug-likeness (QED) is 0.0686. The maximum absolute atomic E-state index is 10.4. The molecule has 2 aromatic heterocycles. The van der Waals surface area contributed by atoms with Crippen molar-refractivity contribution in [1.29, 1.82) is 10.5 Å². The zero-order valence-electron chi connectivity index (χ0n) is 45.9. The number of hydrogen-bond acceptors (Lipinski definition) is 16. The summed E-state index contributed by atoms with van der Waals surface area (Å²) in [6, 6.07) is 58.3. The third-order valence-corrected chi connectivity index (χ3v) is 15.0. The van der Waals surface area contributed by atoms with E-state index in [2.05, 4.69) is 175 Å². The lowest BCUT2D eigenvalue weighted by atomic mass is 9.92. The zero-order chi connectivity index (χ0) is 55.8. The summed E-state index contributed by atoms with van der Waals surface area (Å²) in [5.41, 5.74) is 8.83. The molecule has 2 N–H and O–H groups in total. The van der Waals surface area contributed by atoms with Crippen molar-refractivity contribution < 1.29 is 19.7 Å². The second-order valence-electron chi connectivity index (χ2n) is 20.7. The van der Waals surface area contributed by atoms with E-state index < -0.39 is 0 Å². The van der Waals surface area contributed by atoms with Crippen molar-refractivity contribution in [2.45, 2.75) is 90.1 Å². The van der Waals surface area contributed by atoms with Gasteiger partial charge in [-0.1, -0.05) is 133 Å². The number of nitriles is 2. The van der Waals surface area contributed by atoms with E-state index in [4.69, 9.17) is 20.0 Å². The van der Waals surface area contributed by atoms with Gasteiger partial charge in [-0.25, -0.2) is 4.68 Å². The van der Waals surface area contributed by atoms with Crippen LogP contribution in [0.5, 0.6) is 11.5 Å². The van der Waals surface area contributed by atoms with E-state index in [9.17, 15) is 10.2 Å². The van der Waals surface area contributed by atoms with Crippen molar-refractivity contribution in [3.05, 3.63) is 191 Å². The van der Waals surface area contributed by atoms with Crippen molar-refractivity contribution in [1.82, 2.24) is 60.0 Å². The Morgan fingerprint density at radius 3 is 1.50 bits per heavy atom. The Bertz CT molecular complexity index is 3270. The lowest BCUT2D eigenvalue weighted by molar-refractivity contribution is 0.0195. The van der Waals surface area contributed by atoms with E-state index in [0.29, 0.717) is 62.1 Å². The van der Waals surface area contributed by atoms with Crippen molar-refractivity contribution in [3.63, 3.8) is 0 Å². The van der Waals surface area contributed by atoms with E-state index in [1.165, 1.54) is 15.9 Å². The zero-order valence-corrected chi connectivity index (χ0v) is 45.9. The normalized spacial score (nSPS) is 18.8. The van der Waals surface area contributed by atoms with E-state index in [1.54, 1.807) is 16.8 Å². The van der Waals surface area contributed by atoms with Gasteiger partial charge < -0.3 is 19.7 Å². The molecule has 8 aromatic rings. The van der Waals surface area contributed by atoms with Crippen LogP contribution in [0.2, 0.25) is 0 Å². The topological polar surface area (TPSA) is 207 Å². The molecule has 2 aliphatic rings. The second kappa shape index (κ2) is 27.6. The molecule has 80 heavy (non-hydrogen) atoms. The molecular formula is C62H70N14O4. The maximum Gasteiger partial charge on any atom is 0.204 e. The van der Waals surface area contributed by atoms with E-state index in [1.807, 2.05) is 60.7 Å². The molecule has 0 unspecified atom stereocenters. The fraction of sp³-hybridized carbons (Fsp3) is 0.355. The van der Waals surface area contributed by atoms with Crippen LogP contribution in [0, 0.1) is 22.7 Å². The largest absolute Gasteiger partial charge is 0.508 e. The number of ether oxygens (including phenoxy) is 2. The summed E-state index contributed by atoms with van der Waals surface area (Å²) >= 11 is 0. The summed E-state index contributed by atoms with van der Waals surface area (Å²) in [5.74, 6) is 1.72. The Morgan fingerprint density at radius 2 is 1.01 bits per heavy atom. The third-order valence-electron chi connectivity index (χ3n) is 15.0. The fourth-order valence-corrected chi connectivity index (χ4v) is 11.0. The molecule has 2 saturated heterocycles. The van der Waals surface area contributed by atoms with Gasteiger partial charge >= 0.3 is 0 Å². The third kappa shape index (κ3) is 14.5. The predicted octanol–water partition coefficient (Wildman–Crippen LogP) is 8.54. The van der Waals surface area contributed by atoms with Crippen LogP contribution in [-0.4, -0.2) is 147 Å². The van der Waals surface area contributed by atoms with Gasteiger partial charge in [-0.15, -0.1) is 15.3 Å². The van der Waals surface area contributed by atoms with Crippen LogP contribution in [0.4, 0.5) is 0 Å². The number of hydrogen-bond donors (Lipinski definition) is 2.